The Hall–Kier alpha value is -1.52. The topological polar surface area (TPSA) is 38.8 Å². The zero-order valence-corrected chi connectivity index (χ0v) is 13.2. The highest BCUT2D eigenvalue weighted by atomic mass is 35.5. The fourth-order valence-electron chi connectivity index (χ4n) is 3.28. The molecule has 22 heavy (non-hydrogen) atoms. The Bertz CT molecular complexity index is 560. The molecule has 0 saturated carbocycles. The molecule has 0 unspecified atom stereocenters. The van der Waals surface area contributed by atoms with Crippen molar-refractivity contribution in [3.8, 4) is 5.75 Å². The number of hydrogen-bond donors (Lipinski definition) is 0. The molecule has 2 heterocycles. The maximum absolute atomic E-state index is 11.8. The van der Waals surface area contributed by atoms with E-state index in [1.54, 1.807) is 0 Å². The summed E-state index contributed by atoms with van der Waals surface area (Å²) in [6.45, 7) is 5.52. The zero-order valence-electron chi connectivity index (χ0n) is 12.5. The lowest BCUT2D eigenvalue weighted by atomic mass is 9.89. The molecule has 0 bridgehead atoms. The Balaban J connectivity index is 1.62. The average molecular weight is 322 g/mol. The molecule has 1 aromatic carbocycles. The summed E-state index contributed by atoms with van der Waals surface area (Å²) in [6, 6.07) is 7.35. The molecule has 0 aliphatic carbocycles. The summed E-state index contributed by atoms with van der Waals surface area (Å²) >= 11 is 5.88. The average Bonchev–Trinajstić information content (AvgIpc) is 2.91. The van der Waals surface area contributed by atoms with Crippen LogP contribution in [0.5, 0.6) is 5.75 Å². The maximum Gasteiger partial charge on any atom is 0.246 e. The standard InChI is InChI=1S/C17H20ClNO3/c1-2-16(20)19-9-3-8-17(12-19)10-15(11-21-17)22-14-6-4-13(18)5-7-14/h2,4-7,15H,1,3,8-12H2/t15-,17+/m1/s1. The second-order valence-electron chi connectivity index (χ2n) is 5.96. The summed E-state index contributed by atoms with van der Waals surface area (Å²) in [6.07, 6.45) is 4.10. The van der Waals surface area contributed by atoms with Crippen LogP contribution in [-0.4, -0.2) is 42.2 Å². The molecule has 2 atom stereocenters. The number of rotatable bonds is 3. The first-order chi connectivity index (χ1) is 10.6. The normalized spacial score (nSPS) is 27.9. The molecule has 2 aliphatic rings. The lowest BCUT2D eigenvalue weighted by Gasteiger charge is -2.39. The van der Waals surface area contributed by atoms with Crippen LogP contribution in [0.25, 0.3) is 0 Å². The number of likely N-dealkylation sites (tertiary alicyclic amines) is 1. The van der Waals surface area contributed by atoms with Crippen LogP contribution in [0.15, 0.2) is 36.9 Å². The fourth-order valence-corrected chi connectivity index (χ4v) is 3.41. The van der Waals surface area contributed by atoms with Gasteiger partial charge in [0.1, 0.15) is 11.9 Å². The molecule has 1 aromatic rings. The summed E-state index contributed by atoms with van der Waals surface area (Å²) in [7, 11) is 0. The van der Waals surface area contributed by atoms with Crippen molar-refractivity contribution < 1.29 is 14.3 Å². The summed E-state index contributed by atoms with van der Waals surface area (Å²) in [5.74, 6) is 0.773. The molecule has 118 valence electrons. The second kappa shape index (κ2) is 6.31. The van der Waals surface area contributed by atoms with Gasteiger partial charge in [-0.25, -0.2) is 0 Å². The Labute approximate surface area is 135 Å². The van der Waals surface area contributed by atoms with E-state index in [1.165, 1.54) is 6.08 Å². The van der Waals surface area contributed by atoms with Crippen LogP contribution in [0.4, 0.5) is 0 Å². The predicted molar refractivity (Wildman–Crippen MR) is 85.2 cm³/mol. The molecule has 2 fully saturated rings. The number of amides is 1. The van der Waals surface area contributed by atoms with Gasteiger partial charge >= 0.3 is 0 Å². The number of piperidine rings is 1. The van der Waals surface area contributed by atoms with E-state index in [2.05, 4.69) is 6.58 Å². The molecule has 5 heteroatoms. The van der Waals surface area contributed by atoms with E-state index in [4.69, 9.17) is 21.1 Å². The van der Waals surface area contributed by atoms with Crippen molar-refractivity contribution >= 4 is 17.5 Å². The highest BCUT2D eigenvalue weighted by Crippen LogP contribution is 2.36. The number of halogens is 1. The monoisotopic (exact) mass is 321 g/mol. The summed E-state index contributed by atoms with van der Waals surface area (Å²) in [5.41, 5.74) is -0.270. The van der Waals surface area contributed by atoms with Gasteiger partial charge in [0, 0.05) is 18.0 Å². The van der Waals surface area contributed by atoms with Crippen LogP contribution < -0.4 is 4.74 Å². The van der Waals surface area contributed by atoms with Crippen LogP contribution in [0.2, 0.25) is 5.02 Å². The minimum atomic E-state index is -0.270. The van der Waals surface area contributed by atoms with Gasteiger partial charge in [0.2, 0.25) is 5.91 Å². The van der Waals surface area contributed by atoms with Crippen molar-refractivity contribution in [2.24, 2.45) is 0 Å². The Kier molecular flexibility index (Phi) is 4.41. The molecule has 2 saturated heterocycles. The Morgan fingerprint density at radius 3 is 2.95 bits per heavy atom. The van der Waals surface area contributed by atoms with Gasteiger partial charge in [-0.2, -0.15) is 0 Å². The third-order valence-corrected chi connectivity index (χ3v) is 4.57. The molecule has 0 aromatic heterocycles. The third-order valence-electron chi connectivity index (χ3n) is 4.32. The molecule has 2 aliphatic heterocycles. The van der Waals surface area contributed by atoms with E-state index in [0.717, 1.165) is 31.6 Å². The molecule has 3 rings (SSSR count). The first-order valence-electron chi connectivity index (χ1n) is 7.58. The van der Waals surface area contributed by atoms with Gasteiger partial charge in [0.25, 0.3) is 0 Å². The lowest BCUT2D eigenvalue weighted by Crippen LogP contribution is -2.49. The van der Waals surface area contributed by atoms with E-state index in [-0.39, 0.29) is 17.6 Å². The van der Waals surface area contributed by atoms with Gasteiger partial charge in [-0.15, -0.1) is 0 Å². The molecule has 0 radical (unpaired) electrons. The summed E-state index contributed by atoms with van der Waals surface area (Å²) in [5, 5.41) is 0.692. The van der Waals surface area contributed by atoms with Crippen LogP contribution in [0.1, 0.15) is 19.3 Å². The molecular formula is C17H20ClNO3. The molecule has 0 N–H and O–H groups in total. The van der Waals surface area contributed by atoms with Crippen molar-refractivity contribution in [1.29, 1.82) is 0 Å². The van der Waals surface area contributed by atoms with E-state index in [0.29, 0.717) is 18.2 Å². The fraction of sp³-hybridized carbons (Fsp3) is 0.471. The lowest BCUT2D eigenvalue weighted by molar-refractivity contribution is -0.133. The van der Waals surface area contributed by atoms with Gasteiger partial charge in [-0.1, -0.05) is 18.2 Å². The van der Waals surface area contributed by atoms with E-state index < -0.39 is 0 Å². The maximum atomic E-state index is 11.8. The molecule has 1 spiro atoms. The Morgan fingerprint density at radius 1 is 1.45 bits per heavy atom. The first-order valence-corrected chi connectivity index (χ1v) is 7.96. The zero-order chi connectivity index (χ0) is 15.6. The van der Waals surface area contributed by atoms with E-state index >= 15 is 0 Å². The number of hydrogen-bond acceptors (Lipinski definition) is 3. The third kappa shape index (κ3) is 3.28. The SMILES string of the molecule is C=CC(=O)N1CCC[C@]2(C[C@@H](Oc3ccc(Cl)cc3)CO2)C1. The Morgan fingerprint density at radius 2 is 2.23 bits per heavy atom. The highest BCUT2D eigenvalue weighted by Gasteiger charge is 2.45. The van der Waals surface area contributed by atoms with E-state index in [1.807, 2.05) is 29.2 Å². The van der Waals surface area contributed by atoms with Crippen molar-refractivity contribution in [2.75, 3.05) is 19.7 Å². The molecule has 4 nitrogen and oxygen atoms in total. The number of carbonyl (C=O) groups excluding carboxylic acids is 1. The van der Waals surface area contributed by atoms with Gasteiger partial charge in [-0.3, -0.25) is 4.79 Å². The van der Waals surface area contributed by atoms with Gasteiger partial charge in [0.15, 0.2) is 0 Å². The number of nitrogens with zero attached hydrogens (tertiary/aromatic N) is 1. The highest BCUT2D eigenvalue weighted by molar-refractivity contribution is 6.30. The first kappa shape index (κ1) is 15.4. The van der Waals surface area contributed by atoms with Crippen molar-refractivity contribution in [3.63, 3.8) is 0 Å². The van der Waals surface area contributed by atoms with Crippen molar-refractivity contribution in [1.82, 2.24) is 4.90 Å². The number of benzene rings is 1. The van der Waals surface area contributed by atoms with Crippen molar-refractivity contribution in [2.45, 2.75) is 31.0 Å². The van der Waals surface area contributed by atoms with Gasteiger partial charge in [-0.05, 0) is 43.2 Å². The largest absolute Gasteiger partial charge is 0.488 e. The molecule has 1 amide bonds. The van der Waals surface area contributed by atoms with Crippen LogP contribution >= 0.6 is 11.6 Å². The summed E-state index contributed by atoms with van der Waals surface area (Å²) < 4.78 is 12.0. The van der Waals surface area contributed by atoms with Gasteiger partial charge < -0.3 is 14.4 Å². The van der Waals surface area contributed by atoms with Crippen LogP contribution in [0, 0.1) is 0 Å². The van der Waals surface area contributed by atoms with Crippen LogP contribution in [-0.2, 0) is 9.53 Å². The number of carbonyl (C=O) groups is 1. The minimum absolute atomic E-state index is 0.0139. The van der Waals surface area contributed by atoms with Crippen molar-refractivity contribution in [3.05, 3.63) is 41.9 Å². The van der Waals surface area contributed by atoms with E-state index in [9.17, 15) is 4.79 Å². The van der Waals surface area contributed by atoms with Crippen LogP contribution in [0.3, 0.4) is 0 Å². The van der Waals surface area contributed by atoms with Gasteiger partial charge in [0.05, 0.1) is 18.8 Å². The molecular weight excluding hydrogens is 302 g/mol. The summed E-state index contributed by atoms with van der Waals surface area (Å²) in [4.78, 5) is 13.6. The predicted octanol–water partition coefficient (Wildman–Crippen LogP) is 3.05. The number of ether oxygens (including phenoxy) is 2. The quantitative estimate of drug-likeness (QED) is 0.803. The minimum Gasteiger partial charge on any atom is -0.488 e. The smallest absolute Gasteiger partial charge is 0.246 e. The second-order valence-corrected chi connectivity index (χ2v) is 6.40.